The zero-order valence-corrected chi connectivity index (χ0v) is 9.47. The van der Waals surface area contributed by atoms with Crippen LogP contribution in [0.3, 0.4) is 0 Å². The van der Waals surface area contributed by atoms with E-state index < -0.39 is 5.97 Å². The van der Waals surface area contributed by atoms with Crippen molar-refractivity contribution in [3.8, 4) is 0 Å². The number of carboxylic acid groups (broad SMARTS) is 1. The quantitative estimate of drug-likeness (QED) is 0.825. The highest BCUT2D eigenvalue weighted by molar-refractivity contribution is 5.87. The fourth-order valence-electron chi connectivity index (χ4n) is 2.05. The fourth-order valence-corrected chi connectivity index (χ4v) is 2.05. The molecule has 0 amide bonds. The number of carboxylic acids is 1. The fraction of sp³-hybridized carbons (Fsp3) is 0.308. The standard InChI is InChI=1S/C13H15NO3/c15-7-3-6-14-9-10(8-13(16)17)11-4-1-2-5-12(11)14/h1-2,4-5,9,15H,3,6-8H2,(H,16,17). The van der Waals surface area contributed by atoms with Gasteiger partial charge in [-0.15, -0.1) is 0 Å². The monoisotopic (exact) mass is 233 g/mol. The number of aliphatic hydroxyl groups is 1. The highest BCUT2D eigenvalue weighted by Crippen LogP contribution is 2.22. The van der Waals surface area contributed by atoms with Gasteiger partial charge in [0, 0.05) is 30.3 Å². The summed E-state index contributed by atoms with van der Waals surface area (Å²) in [6, 6.07) is 7.74. The van der Waals surface area contributed by atoms with Gasteiger partial charge in [-0.1, -0.05) is 18.2 Å². The molecule has 0 aliphatic rings. The summed E-state index contributed by atoms with van der Waals surface area (Å²) >= 11 is 0. The molecule has 0 radical (unpaired) electrons. The first kappa shape index (κ1) is 11.7. The summed E-state index contributed by atoms with van der Waals surface area (Å²) in [5, 5.41) is 18.7. The molecule has 17 heavy (non-hydrogen) atoms. The number of nitrogens with zero attached hydrogens (tertiary/aromatic N) is 1. The van der Waals surface area contributed by atoms with Gasteiger partial charge in [0.25, 0.3) is 0 Å². The zero-order chi connectivity index (χ0) is 12.3. The van der Waals surface area contributed by atoms with E-state index in [0.717, 1.165) is 16.5 Å². The highest BCUT2D eigenvalue weighted by Gasteiger charge is 2.10. The first-order chi connectivity index (χ1) is 8.22. The summed E-state index contributed by atoms with van der Waals surface area (Å²) in [6.07, 6.45) is 2.58. The second-order valence-electron chi connectivity index (χ2n) is 4.01. The van der Waals surface area contributed by atoms with E-state index in [1.807, 2.05) is 35.0 Å². The Balaban J connectivity index is 2.42. The van der Waals surface area contributed by atoms with E-state index in [2.05, 4.69) is 0 Å². The van der Waals surface area contributed by atoms with Crippen molar-refractivity contribution in [3.63, 3.8) is 0 Å². The molecular formula is C13H15NO3. The number of aromatic nitrogens is 1. The van der Waals surface area contributed by atoms with Crippen LogP contribution in [0.4, 0.5) is 0 Å². The highest BCUT2D eigenvalue weighted by atomic mass is 16.4. The van der Waals surface area contributed by atoms with Gasteiger partial charge in [-0.2, -0.15) is 0 Å². The molecule has 2 aromatic rings. The molecule has 1 aromatic carbocycles. The number of fused-ring (bicyclic) bond motifs is 1. The number of carbonyl (C=O) groups is 1. The van der Waals surface area contributed by atoms with E-state index >= 15 is 0 Å². The summed E-state index contributed by atoms with van der Waals surface area (Å²) in [4.78, 5) is 10.8. The third-order valence-corrected chi connectivity index (χ3v) is 2.77. The van der Waals surface area contributed by atoms with E-state index in [9.17, 15) is 4.79 Å². The van der Waals surface area contributed by atoms with Gasteiger partial charge in [0.05, 0.1) is 6.42 Å². The van der Waals surface area contributed by atoms with Crippen molar-refractivity contribution < 1.29 is 15.0 Å². The van der Waals surface area contributed by atoms with Crippen LogP contribution in [0.25, 0.3) is 10.9 Å². The van der Waals surface area contributed by atoms with Crippen LogP contribution in [0.1, 0.15) is 12.0 Å². The Hall–Kier alpha value is -1.81. The van der Waals surface area contributed by atoms with Crippen LogP contribution in [0.15, 0.2) is 30.5 Å². The van der Waals surface area contributed by atoms with Gasteiger partial charge < -0.3 is 14.8 Å². The SMILES string of the molecule is O=C(O)Cc1cn(CCCO)c2ccccc12. The lowest BCUT2D eigenvalue weighted by atomic mass is 10.1. The minimum atomic E-state index is -0.824. The maximum Gasteiger partial charge on any atom is 0.307 e. The third kappa shape index (κ3) is 2.47. The Bertz CT molecular complexity index is 530. The van der Waals surface area contributed by atoms with Gasteiger partial charge in [-0.3, -0.25) is 4.79 Å². The molecule has 1 heterocycles. The molecule has 0 aliphatic heterocycles. The predicted molar refractivity (Wildman–Crippen MR) is 65.0 cm³/mol. The zero-order valence-electron chi connectivity index (χ0n) is 9.47. The molecule has 0 saturated carbocycles. The molecule has 1 aromatic heterocycles. The predicted octanol–water partition coefficient (Wildman–Crippen LogP) is 1.65. The lowest BCUT2D eigenvalue weighted by Crippen LogP contribution is -2.00. The van der Waals surface area contributed by atoms with E-state index in [0.29, 0.717) is 13.0 Å². The van der Waals surface area contributed by atoms with Crippen LogP contribution >= 0.6 is 0 Å². The van der Waals surface area contributed by atoms with Crippen molar-refractivity contribution in [1.29, 1.82) is 0 Å². The number of benzene rings is 1. The molecule has 4 nitrogen and oxygen atoms in total. The molecule has 2 N–H and O–H groups in total. The Labute approximate surface area is 99.1 Å². The molecule has 90 valence electrons. The molecule has 0 saturated heterocycles. The maximum absolute atomic E-state index is 10.8. The van der Waals surface area contributed by atoms with Crippen molar-refractivity contribution >= 4 is 16.9 Å². The van der Waals surface area contributed by atoms with Gasteiger partial charge in [0.15, 0.2) is 0 Å². The van der Waals surface area contributed by atoms with Gasteiger partial charge in [-0.05, 0) is 18.1 Å². The number of hydrogen-bond donors (Lipinski definition) is 2. The number of aryl methyl sites for hydroxylation is 1. The van der Waals surface area contributed by atoms with Gasteiger partial charge >= 0.3 is 5.97 Å². The average Bonchev–Trinajstić information content (AvgIpc) is 2.65. The first-order valence-electron chi connectivity index (χ1n) is 5.62. The second kappa shape index (κ2) is 5.01. The Morgan fingerprint density at radius 2 is 2.06 bits per heavy atom. The van der Waals surface area contributed by atoms with Crippen LogP contribution in [0.2, 0.25) is 0 Å². The molecular weight excluding hydrogens is 218 g/mol. The van der Waals surface area contributed by atoms with Crippen LogP contribution in [-0.4, -0.2) is 27.4 Å². The number of rotatable bonds is 5. The molecule has 0 atom stereocenters. The third-order valence-electron chi connectivity index (χ3n) is 2.77. The minimum Gasteiger partial charge on any atom is -0.481 e. The molecule has 0 aliphatic carbocycles. The summed E-state index contributed by atoms with van der Waals surface area (Å²) in [5.74, 6) is -0.824. The molecule has 0 spiro atoms. The summed E-state index contributed by atoms with van der Waals surface area (Å²) in [5.41, 5.74) is 1.85. The van der Waals surface area contributed by atoms with Crippen molar-refractivity contribution in [2.75, 3.05) is 6.61 Å². The van der Waals surface area contributed by atoms with Gasteiger partial charge in [-0.25, -0.2) is 0 Å². The molecule has 0 unspecified atom stereocenters. The summed E-state index contributed by atoms with van der Waals surface area (Å²) in [7, 11) is 0. The van der Waals surface area contributed by atoms with Crippen LogP contribution < -0.4 is 0 Å². The average molecular weight is 233 g/mol. The normalized spacial score (nSPS) is 10.9. The van der Waals surface area contributed by atoms with E-state index in [-0.39, 0.29) is 13.0 Å². The maximum atomic E-state index is 10.8. The molecule has 4 heteroatoms. The minimum absolute atomic E-state index is 0.0344. The first-order valence-corrected chi connectivity index (χ1v) is 5.62. The van der Waals surface area contributed by atoms with E-state index in [1.54, 1.807) is 0 Å². The lowest BCUT2D eigenvalue weighted by Gasteiger charge is -2.02. The summed E-state index contributed by atoms with van der Waals surface area (Å²) in [6.45, 7) is 0.845. The number of aliphatic carboxylic acids is 1. The van der Waals surface area contributed by atoms with Gasteiger partial charge in [0.1, 0.15) is 0 Å². The van der Waals surface area contributed by atoms with E-state index in [4.69, 9.17) is 10.2 Å². The number of aliphatic hydroxyl groups excluding tert-OH is 1. The van der Waals surface area contributed by atoms with Crippen molar-refractivity contribution in [2.24, 2.45) is 0 Å². The Morgan fingerprint density at radius 1 is 1.29 bits per heavy atom. The number of hydrogen-bond acceptors (Lipinski definition) is 2. The molecule has 0 fully saturated rings. The van der Waals surface area contributed by atoms with Crippen molar-refractivity contribution in [1.82, 2.24) is 4.57 Å². The van der Waals surface area contributed by atoms with Crippen LogP contribution in [-0.2, 0) is 17.8 Å². The molecule has 2 rings (SSSR count). The lowest BCUT2D eigenvalue weighted by molar-refractivity contribution is -0.136. The van der Waals surface area contributed by atoms with Gasteiger partial charge in [0.2, 0.25) is 0 Å². The molecule has 0 bridgehead atoms. The summed E-state index contributed by atoms with van der Waals surface area (Å²) < 4.78 is 2.00. The Kier molecular flexibility index (Phi) is 3.44. The number of para-hydroxylation sites is 1. The topological polar surface area (TPSA) is 62.5 Å². The van der Waals surface area contributed by atoms with E-state index in [1.165, 1.54) is 0 Å². The largest absolute Gasteiger partial charge is 0.481 e. The second-order valence-corrected chi connectivity index (χ2v) is 4.01. The van der Waals surface area contributed by atoms with Crippen molar-refractivity contribution in [3.05, 3.63) is 36.0 Å². The Morgan fingerprint density at radius 3 is 2.76 bits per heavy atom. The van der Waals surface area contributed by atoms with Crippen LogP contribution in [0, 0.1) is 0 Å². The smallest absolute Gasteiger partial charge is 0.307 e. The van der Waals surface area contributed by atoms with Crippen molar-refractivity contribution in [2.45, 2.75) is 19.4 Å². The van der Waals surface area contributed by atoms with Crippen LogP contribution in [0.5, 0.6) is 0 Å².